The van der Waals surface area contributed by atoms with Gasteiger partial charge in [0.2, 0.25) is 0 Å². The minimum absolute atomic E-state index is 1.01. The second-order valence-corrected chi connectivity index (χ2v) is 3.81. The zero-order valence-corrected chi connectivity index (χ0v) is 9.31. The normalized spacial score (nSPS) is 10.3. The van der Waals surface area contributed by atoms with E-state index in [-0.39, 0.29) is 0 Å². The second-order valence-electron chi connectivity index (χ2n) is 3.81. The first-order valence-corrected chi connectivity index (χ1v) is 4.97. The number of hydrogen-bond donors (Lipinski definition) is 0. The van der Waals surface area contributed by atoms with Gasteiger partial charge in [0.05, 0.1) is 5.69 Å². The Bertz CT molecular complexity index is 443. The van der Waals surface area contributed by atoms with Gasteiger partial charge in [0.15, 0.2) is 5.82 Å². The van der Waals surface area contributed by atoms with Crippen molar-refractivity contribution in [3.05, 3.63) is 42.1 Å². The number of hydrogen-bond acceptors (Lipinski definition) is 2. The Kier molecular flexibility index (Phi) is 2.46. The van der Waals surface area contributed by atoms with E-state index in [4.69, 9.17) is 0 Å². The molecule has 0 radical (unpaired) electrons. The number of aromatic nitrogens is 2. The Balaban J connectivity index is 2.43. The van der Waals surface area contributed by atoms with Gasteiger partial charge in [-0.2, -0.15) is 5.10 Å². The summed E-state index contributed by atoms with van der Waals surface area (Å²) in [6, 6.07) is 10.1. The van der Waals surface area contributed by atoms with Crippen molar-refractivity contribution in [2.24, 2.45) is 0 Å². The largest absolute Gasteiger partial charge is 0.361 e. The maximum atomic E-state index is 4.52. The summed E-state index contributed by atoms with van der Waals surface area (Å²) < 4.78 is 1.91. The van der Waals surface area contributed by atoms with Crippen molar-refractivity contribution in [3.8, 4) is 5.69 Å². The first-order chi connectivity index (χ1) is 7.18. The van der Waals surface area contributed by atoms with Crippen LogP contribution in [0.5, 0.6) is 0 Å². The Labute approximate surface area is 90.0 Å². The highest BCUT2D eigenvalue weighted by molar-refractivity contribution is 5.46. The standard InChI is InChI=1S/C12H15N3/c1-10-9-15(13-12(10)14(2)3)11-7-5-4-6-8-11/h4-9H,1-3H3. The molecular weight excluding hydrogens is 186 g/mol. The fourth-order valence-corrected chi connectivity index (χ4v) is 1.61. The summed E-state index contributed by atoms with van der Waals surface area (Å²) in [6.45, 7) is 2.07. The first kappa shape index (κ1) is 9.77. The fourth-order valence-electron chi connectivity index (χ4n) is 1.61. The molecule has 0 spiro atoms. The van der Waals surface area contributed by atoms with Crippen molar-refractivity contribution in [1.29, 1.82) is 0 Å². The number of para-hydroxylation sites is 1. The number of aryl methyl sites for hydroxylation is 1. The molecule has 3 heteroatoms. The molecule has 0 aliphatic rings. The molecule has 0 aliphatic heterocycles. The Morgan fingerprint density at radius 2 is 1.80 bits per heavy atom. The van der Waals surface area contributed by atoms with E-state index in [2.05, 4.69) is 12.0 Å². The van der Waals surface area contributed by atoms with E-state index >= 15 is 0 Å². The van der Waals surface area contributed by atoms with E-state index < -0.39 is 0 Å². The average Bonchev–Trinajstić information content (AvgIpc) is 2.62. The third-order valence-electron chi connectivity index (χ3n) is 2.32. The van der Waals surface area contributed by atoms with Crippen molar-refractivity contribution >= 4 is 5.82 Å². The van der Waals surface area contributed by atoms with Gasteiger partial charge in [-0.25, -0.2) is 4.68 Å². The Morgan fingerprint density at radius 1 is 1.13 bits per heavy atom. The van der Waals surface area contributed by atoms with Crippen LogP contribution < -0.4 is 4.90 Å². The molecule has 0 bridgehead atoms. The summed E-state index contributed by atoms with van der Waals surface area (Å²) in [7, 11) is 4.01. The highest BCUT2D eigenvalue weighted by Gasteiger charge is 2.07. The predicted molar refractivity (Wildman–Crippen MR) is 62.6 cm³/mol. The third kappa shape index (κ3) is 1.86. The number of benzene rings is 1. The molecule has 0 saturated carbocycles. The Hall–Kier alpha value is -1.77. The van der Waals surface area contributed by atoms with Crippen molar-refractivity contribution in [2.75, 3.05) is 19.0 Å². The molecule has 15 heavy (non-hydrogen) atoms. The molecule has 0 unspecified atom stereocenters. The molecule has 3 nitrogen and oxygen atoms in total. The van der Waals surface area contributed by atoms with Gasteiger partial charge in [0.25, 0.3) is 0 Å². The molecule has 0 saturated heterocycles. The first-order valence-electron chi connectivity index (χ1n) is 4.97. The lowest BCUT2D eigenvalue weighted by Gasteiger charge is -2.08. The molecule has 1 heterocycles. The molecule has 0 N–H and O–H groups in total. The summed E-state index contributed by atoms with van der Waals surface area (Å²) >= 11 is 0. The molecule has 0 amide bonds. The van der Waals surface area contributed by atoms with E-state index in [9.17, 15) is 0 Å². The molecule has 1 aromatic heterocycles. The predicted octanol–water partition coefficient (Wildman–Crippen LogP) is 2.25. The lowest BCUT2D eigenvalue weighted by molar-refractivity contribution is 0.866. The van der Waals surface area contributed by atoms with E-state index in [0.29, 0.717) is 0 Å². The van der Waals surface area contributed by atoms with E-state index in [1.807, 2.05) is 60.2 Å². The van der Waals surface area contributed by atoms with Crippen LogP contribution in [0, 0.1) is 6.92 Å². The third-order valence-corrected chi connectivity index (χ3v) is 2.32. The Morgan fingerprint density at radius 3 is 2.33 bits per heavy atom. The smallest absolute Gasteiger partial charge is 0.153 e. The maximum Gasteiger partial charge on any atom is 0.153 e. The van der Waals surface area contributed by atoms with Crippen LogP contribution in [0.15, 0.2) is 36.5 Å². The number of anilines is 1. The molecule has 78 valence electrons. The van der Waals surface area contributed by atoms with Gasteiger partial charge < -0.3 is 4.90 Å². The lowest BCUT2D eigenvalue weighted by atomic mass is 10.3. The minimum atomic E-state index is 1.01. The topological polar surface area (TPSA) is 21.1 Å². The van der Waals surface area contributed by atoms with E-state index in [1.54, 1.807) is 0 Å². The van der Waals surface area contributed by atoms with Gasteiger partial charge >= 0.3 is 0 Å². The monoisotopic (exact) mass is 201 g/mol. The van der Waals surface area contributed by atoms with Crippen molar-refractivity contribution in [2.45, 2.75) is 6.92 Å². The summed E-state index contributed by atoms with van der Waals surface area (Å²) in [5.74, 6) is 1.01. The second kappa shape index (κ2) is 3.77. The zero-order valence-electron chi connectivity index (χ0n) is 9.31. The van der Waals surface area contributed by atoms with Crippen LogP contribution in [-0.2, 0) is 0 Å². The van der Waals surface area contributed by atoms with Gasteiger partial charge in [0, 0.05) is 25.9 Å². The number of rotatable bonds is 2. The molecule has 2 rings (SSSR count). The van der Waals surface area contributed by atoms with Crippen LogP contribution in [0.4, 0.5) is 5.82 Å². The van der Waals surface area contributed by atoms with Gasteiger partial charge in [-0.05, 0) is 19.1 Å². The lowest BCUT2D eigenvalue weighted by Crippen LogP contribution is -2.10. The van der Waals surface area contributed by atoms with Crippen LogP contribution in [0.25, 0.3) is 5.69 Å². The molecule has 2 aromatic rings. The van der Waals surface area contributed by atoms with Crippen LogP contribution in [0.3, 0.4) is 0 Å². The van der Waals surface area contributed by atoms with Crippen LogP contribution >= 0.6 is 0 Å². The van der Waals surface area contributed by atoms with Crippen molar-refractivity contribution in [1.82, 2.24) is 9.78 Å². The quantitative estimate of drug-likeness (QED) is 0.743. The van der Waals surface area contributed by atoms with Crippen LogP contribution in [-0.4, -0.2) is 23.9 Å². The van der Waals surface area contributed by atoms with Crippen LogP contribution in [0.2, 0.25) is 0 Å². The molecular formula is C12H15N3. The zero-order chi connectivity index (χ0) is 10.8. The summed E-state index contributed by atoms with van der Waals surface area (Å²) in [5.41, 5.74) is 2.28. The molecule has 0 aliphatic carbocycles. The van der Waals surface area contributed by atoms with Crippen molar-refractivity contribution < 1.29 is 0 Å². The molecule has 1 aromatic carbocycles. The van der Waals surface area contributed by atoms with Crippen LogP contribution in [0.1, 0.15) is 5.56 Å². The maximum absolute atomic E-state index is 4.52. The van der Waals surface area contributed by atoms with E-state index in [1.165, 1.54) is 5.56 Å². The summed E-state index contributed by atoms with van der Waals surface area (Å²) in [6.07, 6.45) is 2.05. The highest BCUT2D eigenvalue weighted by Crippen LogP contribution is 2.17. The fraction of sp³-hybridized carbons (Fsp3) is 0.250. The number of nitrogens with zero attached hydrogens (tertiary/aromatic N) is 3. The van der Waals surface area contributed by atoms with Crippen molar-refractivity contribution in [3.63, 3.8) is 0 Å². The van der Waals surface area contributed by atoms with Gasteiger partial charge in [-0.3, -0.25) is 0 Å². The molecule has 0 fully saturated rings. The minimum Gasteiger partial charge on any atom is -0.361 e. The van der Waals surface area contributed by atoms with Gasteiger partial charge in [0.1, 0.15) is 0 Å². The van der Waals surface area contributed by atoms with Gasteiger partial charge in [-0.1, -0.05) is 18.2 Å². The van der Waals surface area contributed by atoms with Gasteiger partial charge in [-0.15, -0.1) is 0 Å². The van der Waals surface area contributed by atoms with E-state index in [0.717, 1.165) is 11.5 Å². The SMILES string of the molecule is Cc1cn(-c2ccccc2)nc1N(C)C. The summed E-state index contributed by atoms with van der Waals surface area (Å²) in [4.78, 5) is 2.02. The molecule has 0 atom stereocenters. The highest BCUT2D eigenvalue weighted by atomic mass is 15.3. The summed E-state index contributed by atoms with van der Waals surface area (Å²) in [5, 5.41) is 4.52. The average molecular weight is 201 g/mol.